The zero-order chi connectivity index (χ0) is 14.5. The summed E-state index contributed by atoms with van der Waals surface area (Å²) in [6, 6.07) is 8.96. The summed E-state index contributed by atoms with van der Waals surface area (Å²) in [5.41, 5.74) is 0.651. The molecule has 3 nitrogen and oxygen atoms in total. The third-order valence-corrected chi connectivity index (χ3v) is 2.88. The maximum Gasteiger partial charge on any atom is 0.131 e. The topological polar surface area (TPSA) is 30.5 Å². The highest BCUT2D eigenvalue weighted by Crippen LogP contribution is 2.26. The van der Waals surface area contributed by atoms with Crippen LogP contribution in [0.25, 0.3) is 0 Å². The first-order chi connectivity index (χ1) is 9.63. The van der Waals surface area contributed by atoms with E-state index in [1.165, 1.54) is 32.4 Å². The molecule has 0 aliphatic heterocycles. The van der Waals surface area contributed by atoms with Crippen molar-refractivity contribution in [3.8, 4) is 11.5 Å². The number of nitrogens with one attached hydrogen (secondary N) is 1. The van der Waals surface area contributed by atoms with Gasteiger partial charge in [-0.15, -0.1) is 0 Å². The molecule has 5 heteroatoms. The predicted octanol–water partition coefficient (Wildman–Crippen LogP) is 3.59. The summed E-state index contributed by atoms with van der Waals surface area (Å²) >= 11 is 0. The van der Waals surface area contributed by atoms with Crippen molar-refractivity contribution in [3.63, 3.8) is 0 Å². The minimum absolute atomic E-state index is 0.00529. The second kappa shape index (κ2) is 6.23. The summed E-state index contributed by atoms with van der Waals surface area (Å²) in [5, 5.41) is 2.95. The molecule has 0 saturated heterocycles. The van der Waals surface area contributed by atoms with Gasteiger partial charge in [0, 0.05) is 36.0 Å². The van der Waals surface area contributed by atoms with Crippen molar-refractivity contribution >= 4 is 5.69 Å². The van der Waals surface area contributed by atoms with Gasteiger partial charge in [0.25, 0.3) is 0 Å². The van der Waals surface area contributed by atoms with Gasteiger partial charge in [0.1, 0.15) is 23.1 Å². The molecule has 106 valence electrons. The van der Waals surface area contributed by atoms with Gasteiger partial charge >= 0.3 is 0 Å². The first kappa shape index (κ1) is 14.1. The maximum absolute atomic E-state index is 13.5. The number of hydrogen-bond donors (Lipinski definition) is 1. The van der Waals surface area contributed by atoms with Crippen molar-refractivity contribution in [1.82, 2.24) is 0 Å². The van der Waals surface area contributed by atoms with Crippen LogP contribution in [0.2, 0.25) is 0 Å². The Morgan fingerprint density at radius 3 is 2.00 bits per heavy atom. The smallest absolute Gasteiger partial charge is 0.131 e. The van der Waals surface area contributed by atoms with E-state index < -0.39 is 11.6 Å². The Labute approximate surface area is 116 Å². The van der Waals surface area contributed by atoms with Crippen LogP contribution in [0.4, 0.5) is 14.5 Å². The van der Waals surface area contributed by atoms with E-state index in [1.54, 1.807) is 18.2 Å². The molecule has 0 radical (unpaired) electrons. The fourth-order valence-electron chi connectivity index (χ4n) is 1.80. The highest BCUT2D eigenvalue weighted by molar-refractivity contribution is 5.54. The van der Waals surface area contributed by atoms with E-state index in [-0.39, 0.29) is 12.1 Å². The van der Waals surface area contributed by atoms with Gasteiger partial charge in [-0.1, -0.05) is 6.07 Å². The molecule has 0 fully saturated rings. The van der Waals surface area contributed by atoms with Crippen molar-refractivity contribution in [3.05, 3.63) is 53.6 Å². The summed E-state index contributed by atoms with van der Waals surface area (Å²) in [4.78, 5) is 0. The molecule has 0 atom stereocenters. The fraction of sp³-hybridized carbons (Fsp3) is 0.200. The molecule has 0 aliphatic carbocycles. The fourth-order valence-corrected chi connectivity index (χ4v) is 1.80. The summed E-state index contributed by atoms with van der Waals surface area (Å²) in [7, 11) is 3.07. The second-order valence-electron chi connectivity index (χ2n) is 4.16. The van der Waals surface area contributed by atoms with Crippen LogP contribution in [0.5, 0.6) is 11.5 Å². The third-order valence-electron chi connectivity index (χ3n) is 2.88. The van der Waals surface area contributed by atoms with E-state index in [4.69, 9.17) is 9.47 Å². The zero-order valence-electron chi connectivity index (χ0n) is 11.2. The zero-order valence-corrected chi connectivity index (χ0v) is 11.2. The lowest BCUT2D eigenvalue weighted by atomic mass is 10.2. The summed E-state index contributed by atoms with van der Waals surface area (Å²) < 4.78 is 37.3. The first-order valence-corrected chi connectivity index (χ1v) is 6.04. The van der Waals surface area contributed by atoms with E-state index in [9.17, 15) is 8.78 Å². The molecule has 0 bridgehead atoms. The second-order valence-corrected chi connectivity index (χ2v) is 4.16. The highest BCUT2D eigenvalue weighted by atomic mass is 19.1. The van der Waals surface area contributed by atoms with Crippen molar-refractivity contribution < 1.29 is 18.3 Å². The van der Waals surface area contributed by atoms with E-state index in [2.05, 4.69) is 5.32 Å². The molecule has 0 unspecified atom stereocenters. The lowest BCUT2D eigenvalue weighted by Gasteiger charge is -2.11. The number of methoxy groups -OCH3 is 2. The van der Waals surface area contributed by atoms with Crippen molar-refractivity contribution in [1.29, 1.82) is 0 Å². The minimum Gasteiger partial charge on any atom is -0.497 e. The van der Waals surface area contributed by atoms with E-state index in [1.807, 2.05) is 0 Å². The number of anilines is 1. The molecule has 1 N–H and O–H groups in total. The Kier molecular flexibility index (Phi) is 4.40. The first-order valence-electron chi connectivity index (χ1n) is 6.04. The summed E-state index contributed by atoms with van der Waals surface area (Å²) in [6.45, 7) is 0.0365. The Morgan fingerprint density at radius 2 is 1.50 bits per heavy atom. The lowest BCUT2D eigenvalue weighted by Crippen LogP contribution is -2.05. The predicted molar refractivity (Wildman–Crippen MR) is 73.2 cm³/mol. The van der Waals surface area contributed by atoms with Gasteiger partial charge < -0.3 is 14.8 Å². The number of benzene rings is 2. The van der Waals surface area contributed by atoms with Crippen LogP contribution in [0.1, 0.15) is 5.56 Å². The average molecular weight is 279 g/mol. The number of ether oxygens (including phenoxy) is 2. The van der Waals surface area contributed by atoms with Crippen molar-refractivity contribution in [2.45, 2.75) is 6.54 Å². The Bertz CT molecular complexity index is 560. The van der Waals surface area contributed by atoms with Gasteiger partial charge in [-0.2, -0.15) is 0 Å². The molecule has 2 rings (SSSR count). The van der Waals surface area contributed by atoms with E-state index in [0.29, 0.717) is 17.2 Å². The van der Waals surface area contributed by atoms with Gasteiger partial charge in [0.15, 0.2) is 0 Å². The van der Waals surface area contributed by atoms with E-state index in [0.717, 1.165) is 0 Å². The van der Waals surface area contributed by atoms with Crippen LogP contribution in [-0.4, -0.2) is 14.2 Å². The van der Waals surface area contributed by atoms with Crippen molar-refractivity contribution in [2.24, 2.45) is 0 Å². The maximum atomic E-state index is 13.5. The van der Waals surface area contributed by atoms with Crippen LogP contribution in [-0.2, 0) is 6.54 Å². The van der Waals surface area contributed by atoms with Crippen LogP contribution >= 0.6 is 0 Å². The molecule has 2 aromatic carbocycles. The SMILES string of the molecule is COc1cc(NCc2c(F)cccc2F)cc(OC)c1. The quantitative estimate of drug-likeness (QED) is 0.907. The number of rotatable bonds is 5. The molecule has 0 aromatic heterocycles. The third kappa shape index (κ3) is 3.17. The molecule has 0 amide bonds. The van der Waals surface area contributed by atoms with Gasteiger partial charge in [0.2, 0.25) is 0 Å². The van der Waals surface area contributed by atoms with Crippen LogP contribution < -0.4 is 14.8 Å². The minimum atomic E-state index is -0.577. The van der Waals surface area contributed by atoms with Crippen molar-refractivity contribution in [2.75, 3.05) is 19.5 Å². The lowest BCUT2D eigenvalue weighted by molar-refractivity contribution is 0.394. The molecular formula is C15H15F2NO2. The summed E-state index contributed by atoms with van der Waals surface area (Å²) in [6.07, 6.45) is 0. The molecular weight excluding hydrogens is 264 g/mol. The molecule has 0 spiro atoms. The standard InChI is InChI=1S/C15H15F2NO2/c1-19-11-6-10(7-12(8-11)20-2)18-9-13-14(16)4-3-5-15(13)17/h3-8,18H,9H2,1-2H3. The van der Waals surface area contributed by atoms with Crippen LogP contribution in [0, 0.1) is 11.6 Å². The molecule has 0 heterocycles. The highest BCUT2D eigenvalue weighted by Gasteiger charge is 2.08. The summed E-state index contributed by atoms with van der Waals surface area (Å²) in [5.74, 6) is 0.0430. The molecule has 0 saturated carbocycles. The molecule has 0 aliphatic rings. The normalized spacial score (nSPS) is 10.2. The monoisotopic (exact) mass is 279 g/mol. The largest absolute Gasteiger partial charge is 0.497 e. The van der Waals surface area contributed by atoms with Crippen LogP contribution in [0.3, 0.4) is 0 Å². The Morgan fingerprint density at radius 1 is 0.950 bits per heavy atom. The van der Waals surface area contributed by atoms with Gasteiger partial charge in [-0.05, 0) is 12.1 Å². The average Bonchev–Trinajstić information content (AvgIpc) is 2.46. The molecule has 20 heavy (non-hydrogen) atoms. The number of hydrogen-bond acceptors (Lipinski definition) is 3. The van der Waals surface area contributed by atoms with Crippen LogP contribution in [0.15, 0.2) is 36.4 Å². The van der Waals surface area contributed by atoms with Gasteiger partial charge in [0.05, 0.1) is 14.2 Å². The van der Waals surface area contributed by atoms with Gasteiger partial charge in [-0.3, -0.25) is 0 Å². The Balaban J connectivity index is 2.18. The number of halogens is 2. The Hall–Kier alpha value is -2.30. The van der Waals surface area contributed by atoms with Gasteiger partial charge in [-0.25, -0.2) is 8.78 Å². The molecule has 2 aromatic rings. The van der Waals surface area contributed by atoms with E-state index >= 15 is 0 Å².